The van der Waals surface area contributed by atoms with E-state index >= 15 is 0 Å². The summed E-state index contributed by atoms with van der Waals surface area (Å²) < 4.78 is 18.0. The van der Waals surface area contributed by atoms with Crippen LogP contribution in [0.3, 0.4) is 0 Å². The number of halogens is 1. The van der Waals surface area contributed by atoms with E-state index in [9.17, 15) is 4.39 Å². The number of hydrogen-bond acceptors (Lipinski definition) is 3. The molecule has 0 bridgehead atoms. The molecule has 1 N–H and O–H groups in total. The zero-order chi connectivity index (χ0) is 12.8. The average molecular weight is 246 g/mol. The van der Waals surface area contributed by atoms with Gasteiger partial charge in [0, 0.05) is 19.2 Å². The number of hydrogen-bond donors (Lipinski definition) is 1. The second kappa shape index (κ2) is 6.12. The first-order chi connectivity index (χ1) is 8.78. The Labute approximate surface area is 106 Å². The molecule has 94 valence electrons. The first kappa shape index (κ1) is 12.5. The van der Waals surface area contributed by atoms with E-state index < -0.39 is 0 Å². The van der Waals surface area contributed by atoms with Gasteiger partial charge < -0.3 is 10.1 Å². The van der Waals surface area contributed by atoms with Crippen LogP contribution in [0.4, 0.5) is 4.39 Å². The number of rotatable bonds is 5. The van der Waals surface area contributed by atoms with Gasteiger partial charge in [-0.3, -0.25) is 0 Å². The number of aromatic nitrogens is 1. The fraction of sp³-hybridized carbons (Fsp3) is 0.214. The van der Waals surface area contributed by atoms with Crippen molar-refractivity contribution in [3.63, 3.8) is 0 Å². The highest BCUT2D eigenvalue weighted by molar-refractivity contribution is 5.17. The summed E-state index contributed by atoms with van der Waals surface area (Å²) in [5.74, 6) is 0.383. The molecule has 4 heteroatoms. The Bertz CT molecular complexity index is 517. The van der Waals surface area contributed by atoms with Gasteiger partial charge in [0.15, 0.2) is 0 Å². The number of nitrogens with one attached hydrogen (secondary N) is 1. The summed E-state index contributed by atoms with van der Waals surface area (Å²) in [6.07, 6.45) is 0. The van der Waals surface area contributed by atoms with Crippen molar-refractivity contribution in [3.05, 3.63) is 59.5 Å². The Morgan fingerprint density at radius 3 is 2.78 bits per heavy atom. The summed E-state index contributed by atoms with van der Waals surface area (Å²) in [5.41, 5.74) is 1.81. The van der Waals surface area contributed by atoms with Crippen LogP contribution in [0, 0.1) is 5.82 Å². The van der Waals surface area contributed by atoms with Crippen LogP contribution in [-0.2, 0) is 13.1 Å². The molecule has 0 saturated carbocycles. The van der Waals surface area contributed by atoms with Gasteiger partial charge >= 0.3 is 0 Å². The van der Waals surface area contributed by atoms with Gasteiger partial charge in [-0.05, 0) is 23.8 Å². The molecule has 1 aromatic carbocycles. The van der Waals surface area contributed by atoms with Crippen LogP contribution in [0.5, 0.6) is 5.88 Å². The summed E-state index contributed by atoms with van der Waals surface area (Å²) in [5, 5.41) is 3.21. The van der Waals surface area contributed by atoms with Crippen LogP contribution < -0.4 is 10.1 Å². The minimum Gasteiger partial charge on any atom is -0.481 e. The number of benzene rings is 1. The molecule has 0 radical (unpaired) electrons. The van der Waals surface area contributed by atoms with Crippen LogP contribution in [0.1, 0.15) is 11.3 Å². The van der Waals surface area contributed by atoms with Gasteiger partial charge in [0.2, 0.25) is 5.88 Å². The molecule has 1 heterocycles. The Balaban J connectivity index is 1.88. The topological polar surface area (TPSA) is 34.1 Å². The van der Waals surface area contributed by atoms with E-state index in [-0.39, 0.29) is 5.82 Å². The Morgan fingerprint density at radius 1 is 1.17 bits per heavy atom. The number of ether oxygens (including phenoxy) is 1. The first-order valence-electron chi connectivity index (χ1n) is 5.73. The summed E-state index contributed by atoms with van der Waals surface area (Å²) in [6, 6.07) is 12.2. The molecule has 0 spiro atoms. The third-order valence-electron chi connectivity index (χ3n) is 2.51. The Kier molecular flexibility index (Phi) is 4.25. The van der Waals surface area contributed by atoms with E-state index in [1.54, 1.807) is 19.2 Å². The van der Waals surface area contributed by atoms with Crippen molar-refractivity contribution in [1.82, 2.24) is 10.3 Å². The maximum Gasteiger partial charge on any atom is 0.213 e. The molecular formula is C14H15FN2O. The van der Waals surface area contributed by atoms with Gasteiger partial charge in [0.05, 0.1) is 12.8 Å². The van der Waals surface area contributed by atoms with Crippen molar-refractivity contribution in [1.29, 1.82) is 0 Å². The highest BCUT2D eigenvalue weighted by atomic mass is 19.1. The molecule has 0 amide bonds. The van der Waals surface area contributed by atoms with Crippen LogP contribution in [0.2, 0.25) is 0 Å². The fourth-order valence-electron chi connectivity index (χ4n) is 1.65. The second-order valence-electron chi connectivity index (χ2n) is 3.90. The molecule has 2 rings (SSSR count). The van der Waals surface area contributed by atoms with Gasteiger partial charge in [-0.15, -0.1) is 0 Å². The van der Waals surface area contributed by atoms with Crippen molar-refractivity contribution in [2.24, 2.45) is 0 Å². The maximum absolute atomic E-state index is 13.0. The van der Waals surface area contributed by atoms with Gasteiger partial charge in [-0.1, -0.05) is 18.2 Å². The lowest BCUT2D eigenvalue weighted by Crippen LogP contribution is -2.13. The molecule has 0 saturated heterocycles. The van der Waals surface area contributed by atoms with Crippen LogP contribution in [0.25, 0.3) is 0 Å². The summed E-state index contributed by atoms with van der Waals surface area (Å²) in [4.78, 5) is 4.28. The van der Waals surface area contributed by atoms with Crippen LogP contribution in [0.15, 0.2) is 42.5 Å². The monoisotopic (exact) mass is 246 g/mol. The molecule has 18 heavy (non-hydrogen) atoms. The molecule has 0 aliphatic heterocycles. The lowest BCUT2D eigenvalue weighted by molar-refractivity contribution is 0.395. The lowest BCUT2D eigenvalue weighted by Gasteiger charge is -2.06. The van der Waals surface area contributed by atoms with E-state index in [4.69, 9.17) is 4.74 Å². The summed E-state index contributed by atoms with van der Waals surface area (Å²) in [6.45, 7) is 1.23. The van der Waals surface area contributed by atoms with E-state index in [0.29, 0.717) is 19.0 Å². The smallest absolute Gasteiger partial charge is 0.213 e. The molecule has 2 aromatic rings. The zero-order valence-corrected chi connectivity index (χ0v) is 10.2. The Morgan fingerprint density at radius 2 is 2.00 bits per heavy atom. The SMILES string of the molecule is COc1cccc(CNCc2cccc(F)c2)n1. The van der Waals surface area contributed by atoms with Gasteiger partial charge in [-0.2, -0.15) is 0 Å². The van der Waals surface area contributed by atoms with Crippen molar-refractivity contribution >= 4 is 0 Å². The minimum atomic E-state index is -0.214. The van der Waals surface area contributed by atoms with Crippen molar-refractivity contribution in [2.45, 2.75) is 13.1 Å². The molecule has 0 unspecified atom stereocenters. The summed E-state index contributed by atoms with van der Waals surface area (Å²) in [7, 11) is 1.59. The van der Waals surface area contributed by atoms with Crippen molar-refractivity contribution in [3.8, 4) is 5.88 Å². The third kappa shape index (κ3) is 3.53. The zero-order valence-electron chi connectivity index (χ0n) is 10.2. The molecular weight excluding hydrogens is 231 g/mol. The Hall–Kier alpha value is -1.94. The summed E-state index contributed by atoms with van der Waals surface area (Å²) >= 11 is 0. The predicted octanol–water partition coefficient (Wildman–Crippen LogP) is 2.52. The highest BCUT2D eigenvalue weighted by Crippen LogP contribution is 2.07. The second-order valence-corrected chi connectivity index (χ2v) is 3.90. The van der Waals surface area contributed by atoms with Crippen LogP contribution >= 0.6 is 0 Å². The largest absolute Gasteiger partial charge is 0.481 e. The number of nitrogens with zero attached hydrogens (tertiary/aromatic N) is 1. The standard InChI is InChI=1S/C14H15FN2O/c1-18-14-7-3-6-13(17-14)10-16-9-11-4-2-5-12(15)8-11/h2-8,16H,9-10H2,1H3. The number of pyridine rings is 1. The predicted molar refractivity (Wildman–Crippen MR) is 67.7 cm³/mol. The van der Waals surface area contributed by atoms with Crippen molar-refractivity contribution < 1.29 is 9.13 Å². The van der Waals surface area contributed by atoms with Gasteiger partial charge in [0.1, 0.15) is 5.82 Å². The molecule has 0 aliphatic carbocycles. The molecule has 3 nitrogen and oxygen atoms in total. The lowest BCUT2D eigenvalue weighted by atomic mass is 10.2. The quantitative estimate of drug-likeness (QED) is 0.880. The number of methoxy groups -OCH3 is 1. The van der Waals surface area contributed by atoms with E-state index in [2.05, 4.69) is 10.3 Å². The molecule has 0 aliphatic rings. The highest BCUT2D eigenvalue weighted by Gasteiger charge is 1.98. The molecule has 1 aromatic heterocycles. The van der Waals surface area contributed by atoms with E-state index in [1.165, 1.54) is 12.1 Å². The van der Waals surface area contributed by atoms with E-state index in [0.717, 1.165) is 11.3 Å². The van der Waals surface area contributed by atoms with Gasteiger partial charge in [-0.25, -0.2) is 9.37 Å². The average Bonchev–Trinajstić information content (AvgIpc) is 2.39. The minimum absolute atomic E-state index is 0.214. The van der Waals surface area contributed by atoms with Gasteiger partial charge in [0.25, 0.3) is 0 Å². The first-order valence-corrected chi connectivity index (χ1v) is 5.73. The van der Waals surface area contributed by atoms with E-state index in [1.807, 2.05) is 18.2 Å². The maximum atomic E-state index is 13.0. The fourth-order valence-corrected chi connectivity index (χ4v) is 1.65. The van der Waals surface area contributed by atoms with Crippen LogP contribution in [-0.4, -0.2) is 12.1 Å². The van der Waals surface area contributed by atoms with Crippen molar-refractivity contribution in [2.75, 3.05) is 7.11 Å². The normalized spacial score (nSPS) is 10.3. The molecule has 0 fully saturated rings. The third-order valence-corrected chi connectivity index (χ3v) is 2.51. The molecule has 0 atom stereocenters.